The van der Waals surface area contributed by atoms with Gasteiger partial charge in [0.1, 0.15) is 0 Å². The molecule has 0 radical (unpaired) electrons. The van der Waals surface area contributed by atoms with Gasteiger partial charge in [-0.3, -0.25) is 0 Å². The normalized spacial score (nSPS) is 30.5. The SMILES string of the molecule is CCNC(C1CCCC1)C1CN(C)CCCN1C. The van der Waals surface area contributed by atoms with Crippen LogP contribution in [0.5, 0.6) is 0 Å². The van der Waals surface area contributed by atoms with Gasteiger partial charge in [0.15, 0.2) is 0 Å². The van der Waals surface area contributed by atoms with E-state index in [0.29, 0.717) is 12.1 Å². The van der Waals surface area contributed by atoms with Gasteiger partial charge >= 0.3 is 0 Å². The molecule has 2 atom stereocenters. The van der Waals surface area contributed by atoms with E-state index in [-0.39, 0.29) is 0 Å². The molecule has 106 valence electrons. The Morgan fingerprint density at radius 1 is 1.11 bits per heavy atom. The lowest BCUT2D eigenvalue weighted by atomic mass is 9.90. The summed E-state index contributed by atoms with van der Waals surface area (Å²) >= 11 is 0. The number of hydrogen-bond donors (Lipinski definition) is 1. The summed E-state index contributed by atoms with van der Waals surface area (Å²) < 4.78 is 0. The average molecular weight is 253 g/mol. The summed E-state index contributed by atoms with van der Waals surface area (Å²) in [6, 6.07) is 1.39. The first-order chi connectivity index (χ1) is 8.72. The van der Waals surface area contributed by atoms with E-state index < -0.39 is 0 Å². The highest BCUT2D eigenvalue weighted by Crippen LogP contribution is 2.30. The zero-order valence-corrected chi connectivity index (χ0v) is 12.5. The first kappa shape index (κ1) is 14.3. The van der Waals surface area contributed by atoms with Crippen LogP contribution in [-0.4, -0.2) is 62.2 Å². The van der Waals surface area contributed by atoms with E-state index >= 15 is 0 Å². The third-order valence-corrected chi connectivity index (χ3v) is 4.88. The van der Waals surface area contributed by atoms with Crippen LogP contribution in [-0.2, 0) is 0 Å². The lowest BCUT2D eigenvalue weighted by molar-refractivity contribution is 0.145. The van der Waals surface area contributed by atoms with E-state index in [1.165, 1.54) is 51.7 Å². The van der Waals surface area contributed by atoms with Gasteiger partial charge in [0.05, 0.1) is 0 Å². The fourth-order valence-corrected chi connectivity index (χ4v) is 3.86. The first-order valence-electron chi connectivity index (χ1n) is 7.84. The number of hydrogen-bond acceptors (Lipinski definition) is 3. The second-order valence-corrected chi connectivity index (χ2v) is 6.29. The predicted octanol–water partition coefficient (Wildman–Crippen LogP) is 1.79. The topological polar surface area (TPSA) is 18.5 Å². The summed E-state index contributed by atoms with van der Waals surface area (Å²) in [5.74, 6) is 0.906. The van der Waals surface area contributed by atoms with Gasteiger partial charge in [0.25, 0.3) is 0 Å². The second kappa shape index (κ2) is 6.88. The van der Waals surface area contributed by atoms with Crippen molar-refractivity contribution in [3.8, 4) is 0 Å². The van der Waals surface area contributed by atoms with Gasteiger partial charge in [0, 0.05) is 18.6 Å². The van der Waals surface area contributed by atoms with Gasteiger partial charge in [-0.2, -0.15) is 0 Å². The molecule has 1 N–H and O–H groups in total. The monoisotopic (exact) mass is 253 g/mol. The summed E-state index contributed by atoms with van der Waals surface area (Å²) in [5.41, 5.74) is 0. The standard InChI is InChI=1S/C15H31N3/c1-4-16-15(13-8-5-6-9-13)14-12-17(2)10-7-11-18(14)3/h13-16H,4-12H2,1-3H3. The molecule has 3 nitrogen and oxygen atoms in total. The van der Waals surface area contributed by atoms with Crippen molar-refractivity contribution in [1.82, 2.24) is 15.1 Å². The van der Waals surface area contributed by atoms with Crippen molar-refractivity contribution in [3.05, 3.63) is 0 Å². The van der Waals surface area contributed by atoms with Gasteiger partial charge < -0.3 is 15.1 Å². The van der Waals surface area contributed by atoms with Crippen LogP contribution >= 0.6 is 0 Å². The van der Waals surface area contributed by atoms with Gasteiger partial charge in [-0.1, -0.05) is 19.8 Å². The number of nitrogens with one attached hydrogen (secondary N) is 1. The molecule has 0 aromatic carbocycles. The van der Waals surface area contributed by atoms with E-state index in [2.05, 4.69) is 36.1 Å². The Morgan fingerprint density at radius 3 is 2.50 bits per heavy atom. The quantitative estimate of drug-likeness (QED) is 0.824. The van der Waals surface area contributed by atoms with Crippen molar-refractivity contribution in [1.29, 1.82) is 0 Å². The van der Waals surface area contributed by atoms with Crippen molar-refractivity contribution in [2.45, 2.75) is 51.1 Å². The Labute approximate surface area is 113 Å². The third kappa shape index (κ3) is 3.46. The van der Waals surface area contributed by atoms with Crippen molar-refractivity contribution in [3.63, 3.8) is 0 Å². The van der Waals surface area contributed by atoms with Crippen molar-refractivity contribution in [2.24, 2.45) is 5.92 Å². The van der Waals surface area contributed by atoms with Crippen LogP contribution in [0.2, 0.25) is 0 Å². The molecule has 1 aliphatic carbocycles. The lowest BCUT2D eigenvalue weighted by Gasteiger charge is -2.38. The maximum Gasteiger partial charge on any atom is 0.0376 e. The van der Waals surface area contributed by atoms with E-state index in [1.54, 1.807) is 0 Å². The van der Waals surface area contributed by atoms with Crippen molar-refractivity contribution < 1.29 is 0 Å². The Balaban J connectivity index is 2.05. The average Bonchev–Trinajstić information content (AvgIpc) is 2.81. The van der Waals surface area contributed by atoms with Crippen LogP contribution in [0.1, 0.15) is 39.0 Å². The fraction of sp³-hybridized carbons (Fsp3) is 1.00. The molecule has 2 fully saturated rings. The molecule has 1 saturated heterocycles. The van der Waals surface area contributed by atoms with Crippen molar-refractivity contribution in [2.75, 3.05) is 40.3 Å². The number of likely N-dealkylation sites (N-methyl/N-ethyl adjacent to an activating group) is 3. The predicted molar refractivity (Wildman–Crippen MR) is 78.0 cm³/mol. The van der Waals surface area contributed by atoms with Crippen LogP contribution < -0.4 is 5.32 Å². The largest absolute Gasteiger partial charge is 0.312 e. The third-order valence-electron chi connectivity index (χ3n) is 4.88. The maximum absolute atomic E-state index is 3.80. The smallest absolute Gasteiger partial charge is 0.0376 e. The van der Waals surface area contributed by atoms with Crippen LogP contribution in [0, 0.1) is 5.92 Å². The minimum absolute atomic E-state index is 0.695. The highest BCUT2D eigenvalue weighted by Gasteiger charge is 2.34. The molecular weight excluding hydrogens is 222 g/mol. The summed E-state index contributed by atoms with van der Waals surface area (Å²) in [6.45, 7) is 7.09. The van der Waals surface area contributed by atoms with Gasteiger partial charge in [-0.05, 0) is 58.9 Å². The Bertz CT molecular complexity index is 238. The highest BCUT2D eigenvalue weighted by atomic mass is 15.2. The van der Waals surface area contributed by atoms with Gasteiger partial charge in [0.2, 0.25) is 0 Å². The molecule has 2 unspecified atom stereocenters. The van der Waals surface area contributed by atoms with Crippen LogP contribution in [0.3, 0.4) is 0 Å². The molecule has 1 heterocycles. The molecule has 0 aromatic rings. The minimum Gasteiger partial charge on any atom is -0.312 e. The number of rotatable bonds is 4. The van der Waals surface area contributed by atoms with Crippen LogP contribution in [0.15, 0.2) is 0 Å². The summed E-state index contributed by atoms with van der Waals surface area (Å²) in [6.07, 6.45) is 7.07. The second-order valence-electron chi connectivity index (χ2n) is 6.29. The fourth-order valence-electron chi connectivity index (χ4n) is 3.86. The van der Waals surface area contributed by atoms with Gasteiger partial charge in [-0.15, -0.1) is 0 Å². The van der Waals surface area contributed by atoms with E-state index in [9.17, 15) is 0 Å². The number of nitrogens with zero attached hydrogens (tertiary/aromatic N) is 2. The molecule has 18 heavy (non-hydrogen) atoms. The molecule has 0 amide bonds. The van der Waals surface area contributed by atoms with E-state index in [0.717, 1.165) is 12.5 Å². The summed E-state index contributed by atoms with van der Waals surface area (Å²) in [5, 5.41) is 3.80. The molecule has 0 bridgehead atoms. The summed E-state index contributed by atoms with van der Waals surface area (Å²) in [4.78, 5) is 5.13. The highest BCUT2D eigenvalue weighted by molar-refractivity contribution is 4.93. The zero-order valence-electron chi connectivity index (χ0n) is 12.5. The lowest BCUT2D eigenvalue weighted by Crippen LogP contribution is -2.55. The van der Waals surface area contributed by atoms with Crippen LogP contribution in [0.25, 0.3) is 0 Å². The maximum atomic E-state index is 3.80. The van der Waals surface area contributed by atoms with E-state index in [4.69, 9.17) is 0 Å². The molecule has 1 aliphatic heterocycles. The Hall–Kier alpha value is -0.120. The Kier molecular flexibility index (Phi) is 5.46. The molecular formula is C15H31N3. The zero-order chi connectivity index (χ0) is 13.0. The molecule has 3 heteroatoms. The summed E-state index contributed by atoms with van der Waals surface area (Å²) in [7, 11) is 4.60. The minimum atomic E-state index is 0.695. The van der Waals surface area contributed by atoms with E-state index in [1.807, 2.05) is 0 Å². The van der Waals surface area contributed by atoms with Gasteiger partial charge in [-0.25, -0.2) is 0 Å². The molecule has 2 aliphatic rings. The Morgan fingerprint density at radius 2 is 1.83 bits per heavy atom. The molecule has 0 spiro atoms. The molecule has 2 rings (SSSR count). The molecule has 1 saturated carbocycles. The molecule has 0 aromatic heterocycles. The van der Waals surface area contributed by atoms with Crippen LogP contribution in [0.4, 0.5) is 0 Å². The first-order valence-corrected chi connectivity index (χ1v) is 7.84. The van der Waals surface area contributed by atoms with Crippen molar-refractivity contribution >= 4 is 0 Å².